The lowest BCUT2D eigenvalue weighted by Crippen LogP contribution is -2.25. The van der Waals surface area contributed by atoms with Crippen molar-refractivity contribution in [1.82, 2.24) is 4.98 Å². The molecule has 4 nitrogen and oxygen atoms in total. The van der Waals surface area contributed by atoms with Gasteiger partial charge < -0.3 is 4.90 Å². The molecular formula is C21H19N3OS. The Morgan fingerprint density at radius 1 is 1.12 bits per heavy atom. The Morgan fingerprint density at radius 3 is 2.46 bits per heavy atom. The average molecular weight is 361 g/mol. The molecule has 3 aromatic rings. The van der Waals surface area contributed by atoms with Crippen LogP contribution in [0.15, 0.2) is 54.6 Å². The largest absolute Gasteiger partial charge is 0.343 e. The third-order valence-corrected chi connectivity index (χ3v) is 5.22. The predicted octanol–water partition coefficient (Wildman–Crippen LogP) is 4.39. The molecule has 0 aliphatic rings. The smallest absolute Gasteiger partial charge is 0.186 e. The lowest BCUT2D eigenvalue weighted by molar-refractivity contribution is 0.111. The van der Waals surface area contributed by atoms with Crippen molar-refractivity contribution in [2.24, 2.45) is 0 Å². The van der Waals surface area contributed by atoms with Gasteiger partial charge in [-0.15, -0.1) is 11.3 Å². The molecule has 0 saturated carbocycles. The van der Waals surface area contributed by atoms with Crippen LogP contribution < -0.4 is 4.90 Å². The summed E-state index contributed by atoms with van der Waals surface area (Å²) in [4.78, 5) is 18.8. The van der Waals surface area contributed by atoms with Crippen LogP contribution in [-0.2, 0) is 13.0 Å². The van der Waals surface area contributed by atoms with Gasteiger partial charge in [-0.3, -0.25) is 4.79 Å². The van der Waals surface area contributed by atoms with Gasteiger partial charge in [-0.1, -0.05) is 42.5 Å². The number of anilines is 1. The van der Waals surface area contributed by atoms with E-state index in [0.717, 1.165) is 35.8 Å². The predicted molar refractivity (Wildman–Crippen MR) is 105 cm³/mol. The fraction of sp³-hybridized carbons (Fsp3) is 0.190. The van der Waals surface area contributed by atoms with E-state index in [1.54, 1.807) is 11.3 Å². The summed E-state index contributed by atoms with van der Waals surface area (Å²) in [5.41, 5.74) is 3.56. The van der Waals surface area contributed by atoms with Crippen molar-refractivity contribution in [3.05, 3.63) is 81.9 Å². The van der Waals surface area contributed by atoms with E-state index < -0.39 is 0 Å². The Kier molecular flexibility index (Phi) is 5.77. The van der Waals surface area contributed by atoms with Crippen LogP contribution in [0.25, 0.3) is 0 Å². The highest BCUT2D eigenvalue weighted by Gasteiger charge is 2.14. The summed E-state index contributed by atoms with van der Waals surface area (Å²) in [6, 6.07) is 20.0. The first kappa shape index (κ1) is 17.8. The van der Waals surface area contributed by atoms with Gasteiger partial charge >= 0.3 is 0 Å². The fourth-order valence-corrected chi connectivity index (χ4v) is 3.60. The lowest BCUT2D eigenvalue weighted by atomic mass is 10.1. The van der Waals surface area contributed by atoms with E-state index in [0.29, 0.717) is 11.3 Å². The first-order valence-electron chi connectivity index (χ1n) is 8.40. The molecule has 0 fully saturated rings. The molecule has 0 spiro atoms. The molecule has 0 N–H and O–H groups in total. The molecule has 0 bridgehead atoms. The molecule has 0 atom stereocenters. The molecule has 0 aliphatic heterocycles. The maximum atomic E-state index is 11.2. The Bertz CT molecular complexity index is 911. The number of aldehydes is 1. The van der Waals surface area contributed by atoms with E-state index in [-0.39, 0.29) is 0 Å². The highest BCUT2D eigenvalue weighted by Crippen LogP contribution is 2.26. The van der Waals surface area contributed by atoms with Gasteiger partial charge in [-0.05, 0) is 36.6 Å². The number of aromatic nitrogens is 1. The van der Waals surface area contributed by atoms with Crippen LogP contribution in [0.5, 0.6) is 0 Å². The molecular weight excluding hydrogens is 342 g/mol. The Hall–Kier alpha value is -2.97. The quantitative estimate of drug-likeness (QED) is 0.586. The van der Waals surface area contributed by atoms with Crippen molar-refractivity contribution in [2.75, 3.05) is 11.4 Å². The second-order valence-electron chi connectivity index (χ2n) is 6.02. The zero-order chi connectivity index (χ0) is 18.4. The highest BCUT2D eigenvalue weighted by molar-refractivity contribution is 7.15. The number of nitriles is 1. The zero-order valence-electron chi connectivity index (χ0n) is 14.6. The molecule has 130 valence electrons. The topological polar surface area (TPSA) is 57.0 Å². The van der Waals surface area contributed by atoms with E-state index >= 15 is 0 Å². The second-order valence-corrected chi connectivity index (χ2v) is 7.20. The van der Waals surface area contributed by atoms with Gasteiger partial charge in [-0.25, -0.2) is 4.98 Å². The molecule has 1 aromatic heterocycles. The molecule has 0 radical (unpaired) electrons. The molecule has 0 unspecified atom stereocenters. The second kappa shape index (κ2) is 8.41. The molecule has 1 heterocycles. The average Bonchev–Trinajstić information content (AvgIpc) is 3.07. The summed E-state index contributed by atoms with van der Waals surface area (Å²) >= 11 is 1.55. The Balaban J connectivity index is 1.79. The van der Waals surface area contributed by atoms with Crippen LogP contribution in [0.3, 0.4) is 0 Å². The van der Waals surface area contributed by atoms with Crippen LogP contribution in [-0.4, -0.2) is 17.8 Å². The number of carbonyl (C=O) groups is 1. The molecule has 0 amide bonds. The fourth-order valence-electron chi connectivity index (χ4n) is 2.69. The molecule has 26 heavy (non-hydrogen) atoms. The van der Waals surface area contributed by atoms with Gasteiger partial charge in [0.05, 0.1) is 11.6 Å². The van der Waals surface area contributed by atoms with Gasteiger partial charge in [0, 0.05) is 18.0 Å². The number of hydrogen-bond donors (Lipinski definition) is 0. The molecule has 3 rings (SSSR count). The number of nitrogens with zero attached hydrogens (tertiary/aromatic N) is 3. The summed E-state index contributed by atoms with van der Waals surface area (Å²) in [5.74, 6) is 0. The van der Waals surface area contributed by atoms with E-state index in [9.17, 15) is 4.79 Å². The van der Waals surface area contributed by atoms with Crippen molar-refractivity contribution >= 4 is 22.8 Å². The summed E-state index contributed by atoms with van der Waals surface area (Å²) in [6.45, 7) is 3.45. The summed E-state index contributed by atoms with van der Waals surface area (Å²) in [5, 5.41) is 9.78. The van der Waals surface area contributed by atoms with Crippen LogP contribution >= 0.6 is 11.3 Å². The van der Waals surface area contributed by atoms with Gasteiger partial charge in [0.25, 0.3) is 0 Å². The maximum Gasteiger partial charge on any atom is 0.186 e. The zero-order valence-corrected chi connectivity index (χ0v) is 15.4. The normalized spacial score (nSPS) is 10.3. The number of benzene rings is 2. The van der Waals surface area contributed by atoms with Crippen LogP contribution in [0, 0.1) is 18.3 Å². The number of rotatable bonds is 7. The number of hydrogen-bond acceptors (Lipinski definition) is 5. The lowest BCUT2D eigenvalue weighted by Gasteiger charge is -2.22. The third kappa shape index (κ3) is 4.35. The number of carbonyl (C=O) groups excluding carboxylic acids is 1. The monoisotopic (exact) mass is 361 g/mol. The van der Waals surface area contributed by atoms with Crippen molar-refractivity contribution < 1.29 is 4.79 Å². The van der Waals surface area contributed by atoms with Crippen molar-refractivity contribution in [3.8, 4) is 6.07 Å². The third-order valence-electron chi connectivity index (χ3n) is 4.17. The minimum absolute atomic E-state index is 0.515. The van der Waals surface area contributed by atoms with Gasteiger partial charge in [0.15, 0.2) is 11.4 Å². The highest BCUT2D eigenvalue weighted by atomic mass is 32.1. The summed E-state index contributed by atoms with van der Waals surface area (Å²) in [6.07, 6.45) is 1.66. The minimum atomic E-state index is 0.515. The Labute approximate surface area is 157 Å². The summed E-state index contributed by atoms with van der Waals surface area (Å²) in [7, 11) is 0. The van der Waals surface area contributed by atoms with E-state index in [4.69, 9.17) is 5.26 Å². The standard InChI is InChI=1S/C21H19N3OS/c1-16-20(15-25)23-21(26-16)24(14-19-5-3-2-4-6-19)12-11-17-7-9-18(13-22)10-8-17/h2-10,15H,11-12,14H2,1H3. The number of aryl methyl sites for hydroxylation is 1. The van der Waals surface area contributed by atoms with E-state index in [1.807, 2.05) is 49.4 Å². The SMILES string of the molecule is Cc1sc(N(CCc2ccc(C#N)cc2)Cc2ccccc2)nc1C=O. The molecule has 2 aromatic carbocycles. The molecule has 0 saturated heterocycles. The van der Waals surface area contributed by atoms with Crippen molar-refractivity contribution in [3.63, 3.8) is 0 Å². The minimum Gasteiger partial charge on any atom is -0.343 e. The Morgan fingerprint density at radius 2 is 1.85 bits per heavy atom. The summed E-state index contributed by atoms with van der Waals surface area (Å²) < 4.78 is 0. The first-order valence-corrected chi connectivity index (χ1v) is 9.22. The maximum absolute atomic E-state index is 11.2. The van der Waals surface area contributed by atoms with Gasteiger partial charge in [-0.2, -0.15) is 5.26 Å². The van der Waals surface area contributed by atoms with Gasteiger partial charge in [0.1, 0.15) is 5.69 Å². The van der Waals surface area contributed by atoms with E-state index in [1.165, 1.54) is 11.1 Å². The van der Waals surface area contributed by atoms with Crippen molar-refractivity contribution in [2.45, 2.75) is 19.9 Å². The molecule has 5 heteroatoms. The van der Waals surface area contributed by atoms with E-state index in [2.05, 4.69) is 28.1 Å². The number of thiazole rings is 1. The first-order chi connectivity index (χ1) is 12.7. The van der Waals surface area contributed by atoms with Crippen LogP contribution in [0.4, 0.5) is 5.13 Å². The van der Waals surface area contributed by atoms with Crippen molar-refractivity contribution in [1.29, 1.82) is 5.26 Å². The van der Waals surface area contributed by atoms with Gasteiger partial charge in [0.2, 0.25) is 0 Å². The molecule has 0 aliphatic carbocycles. The van der Waals surface area contributed by atoms with Crippen LogP contribution in [0.2, 0.25) is 0 Å². The van der Waals surface area contributed by atoms with Crippen LogP contribution in [0.1, 0.15) is 32.1 Å².